The summed E-state index contributed by atoms with van der Waals surface area (Å²) >= 11 is 0. The van der Waals surface area contributed by atoms with Crippen LogP contribution in [0.2, 0.25) is 0 Å². The molecule has 80 valence electrons. The molecule has 1 aromatic rings. The number of ether oxygens (including phenoxy) is 1. The topological polar surface area (TPSA) is 47.0 Å². The molecule has 1 aromatic heterocycles. The minimum Gasteiger partial charge on any atom is -0.473 e. The third-order valence-corrected chi connectivity index (χ3v) is 2.89. The van der Waals surface area contributed by atoms with Gasteiger partial charge in [-0.2, -0.15) is 4.98 Å². The van der Waals surface area contributed by atoms with Gasteiger partial charge in [-0.15, -0.1) is 0 Å². The molecule has 1 N–H and O–H groups in total. The molecule has 0 amide bonds. The van der Waals surface area contributed by atoms with Gasteiger partial charge in [-0.25, -0.2) is 4.98 Å². The van der Waals surface area contributed by atoms with Gasteiger partial charge in [0.1, 0.15) is 11.9 Å². The van der Waals surface area contributed by atoms with E-state index in [0.29, 0.717) is 5.92 Å². The minimum absolute atomic E-state index is 0.284. The maximum absolute atomic E-state index is 5.78. The molecular weight excluding hydrogens is 190 g/mol. The van der Waals surface area contributed by atoms with Gasteiger partial charge in [0, 0.05) is 24.7 Å². The zero-order valence-corrected chi connectivity index (χ0v) is 8.65. The predicted molar refractivity (Wildman–Crippen MR) is 55.9 cm³/mol. The van der Waals surface area contributed by atoms with Gasteiger partial charge in [-0.05, 0) is 25.8 Å². The third-order valence-electron chi connectivity index (χ3n) is 2.89. The Morgan fingerprint density at radius 2 is 2.27 bits per heavy atom. The van der Waals surface area contributed by atoms with Crippen molar-refractivity contribution < 1.29 is 4.74 Å². The van der Waals surface area contributed by atoms with Gasteiger partial charge in [-0.3, -0.25) is 0 Å². The zero-order valence-electron chi connectivity index (χ0n) is 8.65. The molecule has 0 radical (unpaired) electrons. The van der Waals surface area contributed by atoms with Crippen LogP contribution < -0.4 is 10.1 Å². The van der Waals surface area contributed by atoms with Crippen molar-refractivity contribution >= 4 is 0 Å². The largest absolute Gasteiger partial charge is 0.473 e. The highest BCUT2D eigenvalue weighted by Gasteiger charge is 2.27. The first-order chi connectivity index (χ1) is 7.42. The van der Waals surface area contributed by atoms with Crippen LogP contribution in [0.3, 0.4) is 0 Å². The lowest BCUT2D eigenvalue weighted by atomic mass is 10.3. The quantitative estimate of drug-likeness (QED) is 0.802. The van der Waals surface area contributed by atoms with E-state index in [-0.39, 0.29) is 6.10 Å². The molecule has 1 aliphatic carbocycles. The molecule has 4 heteroatoms. The summed E-state index contributed by atoms with van der Waals surface area (Å²) in [6, 6.07) is 1.85. The average molecular weight is 205 g/mol. The van der Waals surface area contributed by atoms with Crippen molar-refractivity contribution in [2.45, 2.75) is 31.3 Å². The SMILES string of the molecule is c1cc(OC2CCNC2)nc(C2CC2)n1. The van der Waals surface area contributed by atoms with Gasteiger partial charge >= 0.3 is 0 Å². The monoisotopic (exact) mass is 205 g/mol. The second-order valence-corrected chi connectivity index (χ2v) is 4.26. The number of aromatic nitrogens is 2. The van der Waals surface area contributed by atoms with Gasteiger partial charge < -0.3 is 10.1 Å². The van der Waals surface area contributed by atoms with Crippen LogP contribution in [-0.4, -0.2) is 29.2 Å². The summed E-state index contributed by atoms with van der Waals surface area (Å²) in [5, 5.41) is 3.27. The lowest BCUT2D eigenvalue weighted by molar-refractivity contribution is 0.213. The summed E-state index contributed by atoms with van der Waals surface area (Å²) in [6.07, 6.45) is 5.62. The van der Waals surface area contributed by atoms with Gasteiger partial charge in [0.05, 0.1) is 0 Å². The molecule has 1 aliphatic heterocycles. The Balaban J connectivity index is 1.70. The lowest BCUT2D eigenvalue weighted by Crippen LogP contribution is -2.20. The molecular formula is C11H15N3O. The van der Waals surface area contributed by atoms with E-state index < -0.39 is 0 Å². The first kappa shape index (κ1) is 9.09. The summed E-state index contributed by atoms with van der Waals surface area (Å²) in [6.45, 7) is 1.98. The van der Waals surface area contributed by atoms with E-state index in [1.54, 1.807) is 6.20 Å². The van der Waals surface area contributed by atoms with Gasteiger partial charge in [0.2, 0.25) is 5.88 Å². The normalized spacial score (nSPS) is 25.5. The van der Waals surface area contributed by atoms with Crippen molar-refractivity contribution in [3.05, 3.63) is 18.1 Å². The number of nitrogens with zero attached hydrogens (tertiary/aromatic N) is 2. The molecule has 1 unspecified atom stereocenters. The molecule has 0 aromatic carbocycles. The first-order valence-electron chi connectivity index (χ1n) is 5.62. The van der Waals surface area contributed by atoms with Crippen molar-refractivity contribution in [2.24, 2.45) is 0 Å². The van der Waals surface area contributed by atoms with Crippen molar-refractivity contribution in [3.8, 4) is 5.88 Å². The molecule has 15 heavy (non-hydrogen) atoms. The first-order valence-corrected chi connectivity index (χ1v) is 5.62. The summed E-state index contributed by atoms with van der Waals surface area (Å²) in [7, 11) is 0. The molecule has 2 fully saturated rings. The predicted octanol–water partition coefficient (Wildman–Crippen LogP) is 1.09. The molecule has 1 saturated carbocycles. The van der Waals surface area contributed by atoms with Gasteiger partial charge in [0.15, 0.2) is 0 Å². The van der Waals surface area contributed by atoms with Crippen LogP contribution in [-0.2, 0) is 0 Å². The fourth-order valence-electron chi connectivity index (χ4n) is 1.86. The molecule has 2 aliphatic rings. The van der Waals surface area contributed by atoms with Crippen LogP contribution >= 0.6 is 0 Å². The number of nitrogens with one attached hydrogen (secondary N) is 1. The molecule has 1 atom stereocenters. The zero-order chi connectivity index (χ0) is 10.1. The highest BCUT2D eigenvalue weighted by Crippen LogP contribution is 2.38. The van der Waals surface area contributed by atoms with E-state index in [4.69, 9.17) is 4.74 Å². The van der Waals surface area contributed by atoms with Crippen molar-refractivity contribution in [1.29, 1.82) is 0 Å². The minimum atomic E-state index is 0.284. The fraction of sp³-hybridized carbons (Fsp3) is 0.636. The van der Waals surface area contributed by atoms with Crippen LogP contribution in [0.25, 0.3) is 0 Å². The number of hydrogen-bond acceptors (Lipinski definition) is 4. The molecule has 3 rings (SSSR count). The Morgan fingerprint density at radius 1 is 1.33 bits per heavy atom. The Morgan fingerprint density at radius 3 is 3.00 bits per heavy atom. The maximum atomic E-state index is 5.78. The van der Waals surface area contributed by atoms with Crippen LogP contribution in [0.1, 0.15) is 31.0 Å². The van der Waals surface area contributed by atoms with Gasteiger partial charge in [-0.1, -0.05) is 0 Å². The van der Waals surface area contributed by atoms with E-state index in [9.17, 15) is 0 Å². The van der Waals surface area contributed by atoms with E-state index in [1.165, 1.54) is 12.8 Å². The summed E-state index contributed by atoms with van der Waals surface area (Å²) in [5.41, 5.74) is 0. The molecule has 2 heterocycles. The van der Waals surface area contributed by atoms with E-state index in [1.807, 2.05) is 6.07 Å². The smallest absolute Gasteiger partial charge is 0.216 e. The van der Waals surface area contributed by atoms with Crippen LogP contribution in [0.15, 0.2) is 12.3 Å². The number of hydrogen-bond donors (Lipinski definition) is 1. The van der Waals surface area contributed by atoms with Crippen LogP contribution in [0, 0.1) is 0 Å². The van der Waals surface area contributed by atoms with E-state index in [2.05, 4.69) is 15.3 Å². The summed E-state index contributed by atoms with van der Waals surface area (Å²) in [5.74, 6) is 2.29. The Labute approximate surface area is 89.1 Å². The molecule has 1 saturated heterocycles. The fourth-order valence-corrected chi connectivity index (χ4v) is 1.86. The Kier molecular flexibility index (Phi) is 2.29. The molecule has 4 nitrogen and oxygen atoms in total. The van der Waals surface area contributed by atoms with Crippen molar-refractivity contribution in [3.63, 3.8) is 0 Å². The summed E-state index contributed by atoms with van der Waals surface area (Å²) in [4.78, 5) is 8.71. The van der Waals surface area contributed by atoms with Crippen molar-refractivity contribution in [1.82, 2.24) is 15.3 Å². The molecule has 0 spiro atoms. The van der Waals surface area contributed by atoms with Crippen molar-refractivity contribution in [2.75, 3.05) is 13.1 Å². The van der Waals surface area contributed by atoms with Gasteiger partial charge in [0.25, 0.3) is 0 Å². The third kappa shape index (κ3) is 2.09. The second-order valence-electron chi connectivity index (χ2n) is 4.26. The van der Waals surface area contributed by atoms with E-state index in [0.717, 1.165) is 31.2 Å². The second kappa shape index (κ2) is 3.77. The standard InChI is InChI=1S/C11H15N3O/c1-2-8(1)11-13-6-4-10(14-11)15-9-3-5-12-7-9/h4,6,8-9,12H,1-3,5,7H2. The molecule has 0 bridgehead atoms. The average Bonchev–Trinajstić information content (AvgIpc) is 3.00. The lowest BCUT2D eigenvalue weighted by Gasteiger charge is -2.11. The number of rotatable bonds is 3. The Bertz CT molecular complexity index is 345. The highest BCUT2D eigenvalue weighted by molar-refractivity contribution is 5.14. The maximum Gasteiger partial charge on any atom is 0.216 e. The van der Waals surface area contributed by atoms with E-state index >= 15 is 0 Å². The van der Waals surface area contributed by atoms with Crippen LogP contribution in [0.4, 0.5) is 0 Å². The highest BCUT2D eigenvalue weighted by atomic mass is 16.5. The summed E-state index contributed by atoms with van der Waals surface area (Å²) < 4.78 is 5.78. The Hall–Kier alpha value is -1.16. The van der Waals surface area contributed by atoms with Crippen LogP contribution in [0.5, 0.6) is 5.88 Å².